The second-order valence-corrected chi connectivity index (χ2v) is 7.38. The van der Waals surface area contributed by atoms with Gasteiger partial charge in [-0.25, -0.2) is 14.5 Å². The number of rotatable bonds is 4. The van der Waals surface area contributed by atoms with E-state index in [1.165, 1.54) is 22.2 Å². The van der Waals surface area contributed by atoms with Gasteiger partial charge < -0.3 is 10.2 Å². The highest BCUT2D eigenvalue weighted by Crippen LogP contribution is 2.20. The lowest BCUT2D eigenvalue weighted by Gasteiger charge is -2.30. The summed E-state index contributed by atoms with van der Waals surface area (Å²) in [5, 5.41) is 13.2. The van der Waals surface area contributed by atoms with Crippen molar-refractivity contribution in [1.82, 2.24) is 34.3 Å². The van der Waals surface area contributed by atoms with Gasteiger partial charge in [0.05, 0.1) is 29.2 Å². The topological polar surface area (TPSA) is 110 Å². The first-order valence-electron chi connectivity index (χ1n) is 8.98. The molecule has 5 heterocycles. The van der Waals surface area contributed by atoms with Crippen LogP contribution in [0.25, 0.3) is 17.2 Å². The zero-order valence-electron chi connectivity index (χ0n) is 15.4. The van der Waals surface area contributed by atoms with Crippen LogP contribution in [-0.4, -0.2) is 59.2 Å². The summed E-state index contributed by atoms with van der Waals surface area (Å²) in [6.45, 7) is 1.41. The molecule has 1 saturated heterocycles. The van der Waals surface area contributed by atoms with Gasteiger partial charge in [-0.2, -0.15) is 5.10 Å². The Morgan fingerprint density at radius 2 is 2.10 bits per heavy atom. The maximum absolute atomic E-state index is 12.9. The molecule has 4 aromatic heterocycles. The summed E-state index contributed by atoms with van der Waals surface area (Å²) in [7, 11) is 1.64. The molecule has 5 rings (SSSR count). The van der Waals surface area contributed by atoms with Crippen molar-refractivity contribution >= 4 is 34.5 Å². The lowest BCUT2D eigenvalue weighted by atomic mass is 10.1. The number of hydrogen-bond acceptors (Lipinski definition) is 7. The lowest BCUT2D eigenvalue weighted by molar-refractivity contribution is 0.0648. The minimum Gasteiger partial charge on any atom is -0.338 e. The zero-order valence-corrected chi connectivity index (χ0v) is 16.3. The van der Waals surface area contributed by atoms with Crippen LogP contribution in [0.2, 0.25) is 0 Å². The van der Waals surface area contributed by atoms with Gasteiger partial charge in [-0.3, -0.25) is 14.3 Å². The molecule has 0 bridgehead atoms. The fourth-order valence-electron chi connectivity index (χ4n) is 3.13. The maximum Gasteiger partial charge on any atom is 0.274 e. The highest BCUT2D eigenvalue weighted by atomic mass is 32.1. The Bertz CT molecular complexity index is 1220. The molecule has 0 aromatic carbocycles. The molecule has 4 aromatic rings. The molecular weight excluding hydrogens is 392 g/mol. The van der Waals surface area contributed by atoms with Crippen molar-refractivity contribution in [2.45, 2.75) is 6.42 Å². The van der Waals surface area contributed by atoms with Crippen LogP contribution in [0.4, 0.5) is 5.69 Å². The number of carbonyl (C=O) groups excluding carboxylic acids is 2. The summed E-state index contributed by atoms with van der Waals surface area (Å²) in [6.07, 6.45) is 4.09. The Hall–Kier alpha value is -3.60. The number of nitrogens with zero attached hydrogens (tertiary/aromatic N) is 7. The van der Waals surface area contributed by atoms with E-state index in [0.717, 1.165) is 6.42 Å². The third kappa shape index (κ3) is 3.05. The molecule has 0 spiro atoms. The molecule has 0 radical (unpaired) electrons. The van der Waals surface area contributed by atoms with Gasteiger partial charge in [-0.15, -0.1) is 16.4 Å². The summed E-state index contributed by atoms with van der Waals surface area (Å²) < 4.78 is 3.00. The van der Waals surface area contributed by atoms with Gasteiger partial charge in [-0.1, -0.05) is 0 Å². The average Bonchev–Trinajstić information content (AvgIpc) is 3.38. The van der Waals surface area contributed by atoms with Gasteiger partial charge in [0, 0.05) is 25.5 Å². The van der Waals surface area contributed by atoms with Gasteiger partial charge >= 0.3 is 0 Å². The number of carbonyl (C=O) groups is 2. The zero-order chi connectivity index (χ0) is 20.0. The molecule has 10 nitrogen and oxygen atoms in total. The number of thiazole rings is 1. The number of nitrogens with one attached hydrogen (secondary N) is 1. The minimum atomic E-state index is -0.409. The monoisotopic (exact) mass is 408 g/mol. The Labute approximate surface area is 168 Å². The van der Waals surface area contributed by atoms with Crippen LogP contribution < -0.4 is 5.32 Å². The number of hydrogen-bond donors (Lipinski definition) is 1. The largest absolute Gasteiger partial charge is 0.338 e. The second-order valence-electron chi connectivity index (χ2n) is 6.66. The van der Waals surface area contributed by atoms with E-state index in [4.69, 9.17) is 0 Å². The Morgan fingerprint density at radius 3 is 2.83 bits per heavy atom. The Kier molecular flexibility index (Phi) is 4.09. The van der Waals surface area contributed by atoms with Crippen LogP contribution in [0.15, 0.2) is 35.4 Å². The number of amides is 2. The second kappa shape index (κ2) is 6.78. The van der Waals surface area contributed by atoms with Crippen LogP contribution >= 0.6 is 11.3 Å². The van der Waals surface area contributed by atoms with Gasteiger partial charge in [0.25, 0.3) is 11.8 Å². The van der Waals surface area contributed by atoms with E-state index >= 15 is 0 Å². The van der Waals surface area contributed by atoms with Crippen molar-refractivity contribution in [2.24, 2.45) is 7.05 Å². The number of aryl methyl sites for hydroxylation is 1. The molecule has 1 aliphatic rings. The molecule has 0 atom stereocenters. The molecule has 0 aliphatic carbocycles. The molecule has 2 amide bonds. The summed E-state index contributed by atoms with van der Waals surface area (Å²) in [6, 6.07) is 3.49. The van der Waals surface area contributed by atoms with Crippen molar-refractivity contribution in [3.63, 3.8) is 0 Å². The number of aromatic nitrogens is 6. The molecule has 0 saturated carbocycles. The predicted molar refractivity (Wildman–Crippen MR) is 106 cm³/mol. The highest BCUT2D eigenvalue weighted by molar-refractivity contribution is 7.07. The standard InChI is InChI=1S/C18H16N8O2S/c1-24-15(12(7-20-24)18(28)25-5-2-6-25)17(27)21-11-3-4-14-22-16(23-26(14)8-11)13-9-29-10-19-13/h3-4,7-10H,2,5-6H2,1H3,(H,21,27). The average molecular weight is 408 g/mol. The van der Waals surface area contributed by atoms with Gasteiger partial charge in [-0.05, 0) is 18.6 Å². The van der Waals surface area contributed by atoms with Crippen molar-refractivity contribution in [3.8, 4) is 11.5 Å². The van der Waals surface area contributed by atoms with Crippen molar-refractivity contribution < 1.29 is 9.59 Å². The molecular formula is C18H16N8O2S. The van der Waals surface area contributed by atoms with Gasteiger partial charge in [0.1, 0.15) is 11.4 Å². The lowest BCUT2D eigenvalue weighted by Crippen LogP contribution is -2.42. The van der Waals surface area contributed by atoms with Crippen molar-refractivity contribution in [1.29, 1.82) is 0 Å². The molecule has 1 fully saturated rings. The number of pyridine rings is 1. The quantitative estimate of drug-likeness (QED) is 0.550. The maximum atomic E-state index is 12.9. The van der Waals surface area contributed by atoms with Crippen LogP contribution in [0, 0.1) is 0 Å². The van der Waals surface area contributed by atoms with Crippen LogP contribution in [-0.2, 0) is 7.05 Å². The van der Waals surface area contributed by atoms with Crippen LogP contribution in [0.1, 0.15) is 27.3 Å². The van der Waals surface area contributed by atoms with Gasteiger partial charge in [0.2, 0.25) is 5.82 Å². The third-order valence-electron chi connectivity index (χ3n) is 4.78. The molecule has 0 unspecified atom stereocenters. The summed E-state index contributed by atoms with van der Waals surface area (Å²) in [5.74, 6) is -0.0639. The fraction of sp³-hybridized carbons (Fsp3) is 0.222. The molecule has 146 valence electrons. The summed E-state index contributed by atoms with van der Waals surface area (Å²) in [5.41, 5.74) is 4.12. The fourth-order valence-corrected chi connectivity index (χ4v) is 3.66. The smallest absolute Gasteiger partial charge is 0.274 e. The number of likely N-dealkylation sites (tertiary alicyclic amines) is 1. The van der Waals surface area contributed by atoms with Crippen molar-refractivity contribution in [2.75, 3.05) is 18.4 Å². The first kappa shape index (κ1) is 17.5. The van der Waals surface area contributed by atoms with Crippen LogP contribution in [0.3, 0.4) is 0 Å². The molecule has 11 heteroatoms. The van der Waals surface area contributed by atoms with E-state index in [2.05, 4.69) is 25.5 Å². The molecule has 1 N–H and O–H groups in total. The van der Waals surface area contributed by atoms with E-state index in [9.17, 15) is 9.59 Å². The Morgan fingerprint density at radius 1 is 1.24 bits per heavy atom. The summed E-state index contributed by atoms with van der Waals surface area (Å²) >= 11 is 1.47. The highest BCUT2D eigenvalue weighted by Gasteiger charge is 2.28. The SMILES string of the molecule is Cn1ncc(C(=O)N2CCC2)c1C(=O)Nc1ccc2nc(-c3cscn3)nn2c1. The van der Waals surface area contributed by atoms with E-state index in [-0.39, 0.29) is 11.6 Å². The molecule has 1 aliphatic heterocycles. The summed E-state index contributed by atoms with van der Waals surface area (Å²) in [4.78, 5) is 35.8. The van der Waals surface area contributed by atoms with E-state index in [0.29, 0.717) is 41.5 Å². The van der Waals surface area contributed by atoms with Crippen LogP contribution in [0.5, 0.6) is 0 Å². The first-order chi connectivity index (χ1) is 14.1. The Balaban J connectivity index is 1.41. The number of fused-ring (bicyclic) bond motifs is 1. The van der Waals surface area contributed by atoms with E-state index in [1.807, 2.05) is 5.38 Å². The van der Waals surface area contributed by atoms with E-state index < -0.39 is 5.91 Å². The first-order valence-corrected chi connectivity index (χ1v) is 9.92. The normalized spacial score (nSPS) is 13.5. The van der Waals surface area contributed by atoms with E-state index in [1.54, 1.807) is 40.3 Å². The predicted octanol–water partition coefficient (Wildman–Crippen LogP) is 1.68. The molecule has 29 heavy (non-hydrogen) atoms. The number of anilines is 1. The van der Waals surface area contributed by atoms with Gasteiger partial charge in [0.15, 0.2) is 5.65 Å². The third-order valence-corrected chi connectivity index (χ3v) is 5.36. The minimum absolute atomic E-state index is 0.172. The van der Waals surface area contributed by atoms with Crippen molar-refractivity contribution in [3.05, 3.63) is 46.7 Å².